The maximum atomic E-state index is 13.5. The molecule has 1 fully saturated rings. The fraction of sp³-hybridized carbons (Fsp3) is 0.385. The highest BCUT2D eigenvalue weighted by atomic mass is 79.9. The van der Waals surface area contributed by atoms with E-state index in [1.54, 1.807) is 17.0 Å². The van der Waals surface area contributed by atoms with Gasteiger partial charge in [-0.3, -0.25) is 9.59 Å². The molecular weight excluding hydrogens is 315 g/mol. The molecule has 0 bridgehead atoms. The molecule has 0 unspecified atom stereocenters. The second kappa shape index (κ2) is 5.69. The number of carbonyl (C=O) groups is 2. The molecule has 102 valence electrons. The smallest absolute Gasteiger partial charge is 0.232 e. The molecule has 1 heterocycles. The number of nitrogens with two attached hydrogens (primary N) is 1. The van der Waals surface area contributed by atoms with Crippen LogP contribution in [-0.2, 0) is 9.59 Å². The highest BCUT2D eigenvalue weighted by molar-refractivity contribution is 9.10. The van der Waals surface area contributed by atoms with Crippen LogP contribution in [0.1, 0.15) is 30.9 Å². The predicted molar refractivity (Wildman–Crippen MR) is 71.6 cm³/mol. The molecule has 2 amide bonds. The van der Waals surface area contributed by atoms with Crippen molar-refractivity contribution in [3.63, 3.8) is 0 Å². The summed E-state index contributed by atoms with van der Waals surface area (Å²) in [6.45, 7) is 0.578. The van der Waals surface area contributed by atoms with Gasteiger partial charge in [-0.2, -0.15) is 0 Å². The minimum atomic E-state index is -0.641. The van der Waals surface area contributed by atoms with E-state index in [2.05, 4.69) is 15.9 Å². The number of likely N-dealkylation sites (tertiary alicyclic amines) is 1. The van der Waals surface area contributed by atoms with Gasteiger partial charge in [-0.05, 0) is 46.5 Å². The van der Waals surface area contributed by atoms with Crippen molar-refractivity contribution in [1.82, 2.24) is 4.90 Å². The van der Waals surface area contributed by atoms with E-state index in [0.29, 0.717) is 11.0 Å². The number of rotatable bonds is 3. The molecule has 1 aliphatic heterocycles. The molecule has 1 aromatic carbocycles. The van der Waals surface area contributed by atoms with E-state index >= 15 is 0 Å². The highest BCUT2D eigenvalue weighted by Gasteiger charge is 2.30. The Labute approximate surface area is 118 Å². The Morgan fingerprint density at radius 2 is 2.21 bits per heavy atom. The van der Waals surface area contributed by atoms with Crippen LogP contribution in [0.15, 0.2) is 22.7 Å². The summed E-state index contributed by atoms with van der Waals surface area (Å²) in [5.74, 6) is -1.29. The van der Waals surface area contributed by atoms with Crippen molar-refractivity contribution in [2.75, 3.05) is 6.54 Å². The van der Waals surface area contributed by atoms with Crippen LogP contribution in [0, 0.1) is 5.82 Å². The summed E-state index contributed by atoms with van der Waals surface area (Å²) in [6, 6.07) is 4.66. The lowest BCUT2D eigenvalue weighted by Crippen LogP contribution is -2.33. The van der Waals surface area contributed by atoms with E-state index in [0.717, 1.165) is 18.4 Å². The lowest BCUT2D eigenvalue weighted by atomic mass is 10.0. The Morgan fingerprint density at radius 3 is 2.84 bits per heavy atom. The fourth-order valence-electron chi connectivity index (χ4n) is 2.38. The number of halogens is 2. The molecule has 4 nitrogen and oxygen atoms in total. The molecule has 19 heavy (non-hydrogen) atoms. The van der Waals surface area contributed by atoms with Crippen molar-refractivity contribution in [2.45, 2.75) is 25.3 Å². The average molecular weight is 329 g/mol. The van der Waals surface area contributed by atoms with Gasteiger partial charge in [0.15, 0.2) is 0 Å². The van der Waals surface area contributed by atoms with Gasteiger partial charge in [0, 0.05) is 6.54 Å². The third-order valence-electron chi connectivity index (χ3n) is 3.23. The SMILES string of the molecule is NC(=O)CC(=O)N1CCC[C@@H]1c1ccc(Br)c(F)c1. The molecule has 2 N–H and O–H groups in total. The Morgan fingerprint density at radius 1 is 1.47 bits per heavy atom. The van der Waals surface area contributed by atoms with Crippen LogP contribution in [0.3, 0.4) is 0 Å². The lowest BCUT2D eigenvalue weighted by molar-refractivity contribution is -0.135. The first-order valence-corrected chi connectivity index (χ1v) is 6.81. The maximum absolute atomic E-state index is 13.5. The van der Waals surface area contributed by atoms with E-state index in [4.69, 9.17) is 5.73 Å². The summed E-state index contributed by atoms with van der Waals surface area (Å²) in [4.78, 5) is 24.3. The van der Waals surface area contributed by atoms with Crippen molar-refractivity contribution in [2.24, 2.45) is 5.73 Å². The second-order valence-electron chi connectivity index (χ2n) is 4.56. The predicted octanol–water partition coefficient (Wildman–Crippen LogP) is 2.13. The van der Waals surface area contributed by atoms with Gasteiger partial charge in [0.2, 0.25) is 11.8 Å². The molecule has 0 saturated carbocycles. The number of carbonyl (C=O) groups excluding carboxylic acids is 2. The zero-order chi connectivity index (χ0) is 14.0. The van der Waals surface area contributed by atoms with Crippen LogP contribution >= 0.6 is 15.9 Å². The van der Waals surface area contributed by atoms with E-state index in [-0.39, 0.29) is 24.2 Å². The van der Waals surface area contributed by atoms with Crippen LogP contribution in [0.4, 0.5) is 4.39 Å². The Hall–Kier alpha value is -1.43. The van der Waals surface area contributed by atoms with Crippen LogP contribution in [-0.4, -0.2) is 23.3 Å². The zero-order valence-electron chi connectivity index (χ0n) is 10.2. The normalized spacial score (nSPS) is 18.6. The summed E-state index contributed by atoms with van der Waals surface area (Å²) in [6.07, 6.45) is 1.31. The van der Waals surface area contributed by atoms with Gasteiger partial charge < -0.3 is 10.6 Å². The Bertz CT molecular complexity index is 521. The molecule has 1 aliphatic rings. The Kier molecular flexibility index (Phi) is 4.19. The van der Waals surface area contributed by atoms with Crippen LogP contribution in [0.2, 0.25) is 0 Å². The van der Waals surface area contributed by atoms with Gasteiger partial charge in [0.1, 0.15) is 12.2 Å². The first kappa shape index (κ1) is 14.0. The van der Waals surface area contributed by atoms with Gasteiger partial charge in [-0.25, -0.2) is 4.39 Å². The summed E-state index contributed by atoms with van der Waals surface area (Å²) >= 11 is 3.10. The molecule has 0 spiro atoms. The van der Waals surface area contributed by atoms with Crippen LogP contribution in [0.25, 0.3) is 0 Å². The lowest BCUT2D eigenvalue weighted by Gasteiger charge is -2.24. The number of amides is 2. The van der Waals surface area contributed by atoms with Crippen molar-refractivity contribution in [3.8, 4) is 0 Å². The quantitative estimate of drug-likeness (QED) is 0.864. The minimum Gasteiger partial charge on any atom is -0.369 e. The number of nitrogens with zero attached hydrogens (tertiary/aromatic N) is 1. The van der Waals surface area contributed by atoms with E-state index in [9.17, 15) is 14.0 Å². The summed E-state index contributed by atoms with van der Waals surface area (Å²) in [5, 5.41) is 0. The van der Waals surface area contributed by atoms with E-state index < -0.39 is 5.91 Å². The second-order valence-corrected chi connectivity index (χ2v) is 5.42. The molecule has 6 heteroatoms. The summed E-state index contributed by atoms with van der Waals surface area (Å²) in [5.41, 5.74) is 5.78. The Balaban J connectivity index is 2.20. The third-order valence-corrected chi connectivity index (χ3v) is 3.87. The van der Waals surface area contributed by atoms with Gasteiger partial charge >= 0.3 is 0 Å². The third kappa shape index (κ3) is 3.12. The first-order valence-electron chi connectivity index (χ1n) is 6.01. The topological polar surface area (TPSA) is 63.4 Å². The number of hydrogen-bond donors (Lipinski definition) is 1. The molecule has 1 aromatic rings. The largest absolute Gasteiger partial charge is 0.369 e. The summed E-state index contributed by atoms with van der Waals surface area (Å²) in [7, 11) is 0. The minimum absolute atomic E-state index is 0.172. The highest BCUT2D eigenvalue weighted by Crippen LogP contribution is 2.33. The van der Waals surface area contributed by atoms with Crippen molar-refractivity contribution in [3.05, 3.63) is 34.1 Å². The molecule has 0 aliphatic carbocycles. The van der Waals surface area contributed by atoms with Gasteiger partial charge in [0.25, 0.3) is 0 Å². The standard InChI is InChI=1S/C13H14BrFN2O2/c14-9-4-3-8(6-10(9)15)11-2-1-5-17(11)13(19)7-12(16)18/h3-4,6,11H,1-2,5,7H2,(H2,16,18)/t11-/m1/s1. The first-order chi connectivity index (χ1) is 8.99. The van der Waals surface area contributed by atoms with Gasteiger partial charge in [-0.15, -0.1) is 0 Å². The summed E-state index contributed by atoms with van der Waals surface area (Å²) < 4.78 is 13.9. The molecule has 1 saturated heterocycles. The number of hydrogen-bond acceptors (Lipinski definition) is 2. The monoisotopic (exact) mass is 328 g/mol. The molecule has 1 atom stereocenters. The molecule has 2 rings (SSSR count). The van der Waals surface area contributed by atoms with Gasteiger partial charge in [-0.1, -0.05) is 6.07 Å². The van der Waals surface area contributed by atoms with E-state index in [1.807, 2.05) is 0 Å². The van der Waals surface area contributed by atoms with E-state index in [1.165, 1.54) is 6.07 Å². The number of primary amides is 1. The van der Waals surface area contributed by atoms with Crippen LogP contribution < -0.4 is 5.73 Å². The molecular formula is C13H14BrFN2O2. The maximum Gasteiger partial charge on any atom is 0.232 e. The average Bonchev–Trinajstić information content (AvgIpc) is 2.81. The van der Waals surface area contributed by atoms with Crippen molar-refractivity contribution in [1.29, 1.82) is 0 Å². The van der Waals surface area contributed by atoms with Crippen molar-refractivity contribution < 1.29 is 14.0 Å². The van der Waals surface area contributed by atoms with Crippen molar-refractivity contribution >= 4 is 27.7 Å². The molecule has 0 aromatic heterocycles. The zero-order valence-corrected chi connectivity index (χ0v) is 11.8. The van der Waals surface area contributed by atoms with Crippen LogP contribution in [0.5, 0.6) is 0 Å². The number of benzene rings is 1. The molecule has 0 radical (unpaired) electrons. The van der Waals surface area contributed by atoms with Gasteiger partial charge in [0.05, 0.1) is 10.5 Å². The fourth-order valence-corrected chi connectivity index (χ4v) is 2.63.